The number of likely N-dealkylation sites (tertiary alicyclic amines) is 1. The molecule has 3 amide bonds. The van der Waals surface area contributed by atoms with Crippen LogP contribution in [0, 0.1) is 5.41 Å². The van der Waals surface area contributed by atoms with Gasteiger partial charge in [0.05, 0.1) is 6.54 Å². The highest BCUT2D eigenvalue weighted by Gasteiger charge is 2.41. The maximum atomic E-state index is 13.0. The first kappa shape index (κ1) is 25.7. The van der Waals surface area contributed by atoms with Gasteiger partial charge in [0, 0.05) is 37.3 Å². The third-order valence-corrected chi connectivity index (χ3v) is 8.39. The molecule has 1 unspecified atom stereocenters. The molecule has 0 aliphatic carbocycles. The van der Waals surface area contributed by atoms with Crippen LogP contribution in [0.5, 0.6) is 0 Å². The van der Waals surface area contributed by atoms with Crippen LogP contribution >= 0.6 is 0 Å². The molecule has 0 bridgehead atoms. The van der Waals surface area contributed by atoms with Crippen molar-refractivity contribution in [2.45, 2.75) is 77.5 Å². The molecule has 9 nitrogen and oxygen atoms in total. The lowest BCUT2D eigenvalue weighted by Gasteiger charge is -2.47. The number of hydrogen-bond donors (Lipinski definition) is 1. The standard InChI is InChI=1S/C28H38N4O5/c1-27(2,3)37-24(34)18-30-12-8-28(9-13-30)10-14-31(15-11-28)20-4-5-21-19(16-20)17-32(26(21)36)22-6-7-23(33)29-25(22)35/h4-5,16,22H,6-15,17-18H2,1-3H3,(H,29,33,35). The molecule has 1 aromatic carbocycles. The number of esters is 1. The number of piperidine rings is 3. The van der Waals surface area contributed by atoms with Gasteiger partial charge in [0.25, 0.3) is 5.91 Å². The van der Waals surface area contributed by atoms with Crippen LogP contribution in [-0.4, -0.2) is 77.9 Å². The summed E-state index contributed by atoms with van der Waals surface area (Å²) in [6.07, 6.45) is 5.07. The second kappa shape index (κ2) is 9.74. The molecule has 0 radical (unpaired) electrons. The summed E-state index contributed by atoms with van der Waals surface area (Å²) in [6, 6.07) is 5.42. The van der Waals surface area contributed by atoms with Crippen LogP contribution in [0.1, 0.15) is 75.2 Å². The molecule has 3 saturated heterocycles. The molecule has 0 saturated carbocycles. The Morgan fingerprint density at radius 2 is 1.73 bits per heavy atom. The van der Waals surface area contributed by atoms with Crippen LogP contribution in [0.3, 0.4) is 0 Å². The molecule has 9 heteroatoms. The fourth-order valence-corrected chi connectivity index (χ4v) is 6.24. The van der Waals surface area contributed by atoms with Crippen LogP contribution in [-0.2, 0) is 25.7 Å². The van der Waals surface area contributed by atoms with Gasteiger partial charge in [-0.15, -0.1) is 0 Å². The number of carbonyl (C=O) groups excluding carboxylic acids is 4. The fraction of sp³-hybridized carbons (Fsp3) is 0.643. The van der Waals surface area contributed by atoms with E-state index >= 15 is 0 Å². The highest BCUT2D eigenvalue weighted by Crippen LogP contribution is 2.42. The van der Waals surface area contributed by atoms with Crippen molar-refractivity contribution in [2.24, 2.45) is 5.41 Å². The summed E-state index contributed by atoms with van der Waals surface area (Å²) in [6.45, 7) is 10.3. The molecule has 4 heterocycles. The Kier molecular flexibility index (Phi) is 6.77. The van der Waals surface area contributed by atoms with Gasteiger partial charge in [-0.3, -0.25) is 29.4 Å². The average molecular weight is 511 g/mol. The Hall–Kier alpha value is -2.94. The molecule has 1 atom stereocenters. The zero-order valence-corrected chi connectivity index (χ0v) is 22.2. The normalized spacial score (nSPS) is 24.3. The predicted molar refractivity (Wildman–Crippen MR) is 138 cm³/mol. The quantitative estimate of drug-likeness (QED) is 0.491. The first-order valence-electron chi connectivity index (χ1n) is 13.5. The Labute approximate surface area is 218 Å². The minimum Gasteiger partial charge on any atom is -0.459 e. The Balaban J connectivity index is 1.15. The van der Waals surface area contributed by atoms with E-state index in [0.29, 0.717) is 30.5 Å². The summed E-state index contributed by atoms with van der Waals surface area (Å²) >= 11 is 0. The average Bonchev–Trinajstić information content (AvgIpc) is 3.15. The van der Waals surface area contributed by atoms with Crippen LogP contribution in [0.2, 0.25) is 0 Å². The number of imide groups is 1. The number of anilines is 1. The minimum atomic E-state index is -0.586. The van der Waals surface area contributed by atoms with E-state index in [4.69, 9.17) is 4.74 Å². The van der Waals surface area contributed by atoms with Gasteiger partial charge < -0.3 is 14.5 Å². The SMILES string of the molecule is CC(C)(C)OC(=O)CN1CCC2(CC1)CCN(c1ccc3c(c1)CN(C1CCC(=O)NC1=O)C3=O)CC2. The molecule has 0 aromatic heterocycles. The zero-order chi connectivity index (χ0) is 26.4. The van der Waals surface area contributed by atoms with Crippen LogP contribution < -0.4 is 10.2 Å². The second-order valence-corrected chi connectivity index (χ2v) is 12.1. The molecule has 1 aromatic rings. The number of fused-ring (bicyclic) bond motifs is 1. The van der Waals surface area contributed by atoms with Gasteiger partial charge in [0.15, 0.2) is 0 Å². The van der Waals surface area contributed by atoms with Crippen LogP contribution in [0.15, 0.2) is 18.2 Å². The van der Waals surface area contributed by atoms with Crippen molar-refractivity contribution in [3.63, 3.8) is 0 Å². The van der Waals surface area contributed by atoms with E-state index < -0.39 is 11.6 Å². The summed E-state index contributed by atoms with van der Waals surface area (Å²) in [5.74, 6) is -0.934. The molecule has 200 valence electrons. The van der Waals surface area contributed by atoms with Gasteiger partial charge in [-0.2, -0.15) is 0 Å². The van der Waals surface area contributed by atoms with E-state index in [2.05, 4.69) is 21.2 Å². The van der Waals surface area contributed by atoms with Gasteiger partial charge in [0.2, 0.25) is 11.8 Å². The Bertz CT molecular complexity index is 1090. The van der Waals surface area contributed by atoms with Crippen molar-refractivity contribution in [1.82, 2.24) is 15.1 Å². The van der Waals surface area contributed by atoms with Crippen molar-refractivity contribution in [3.05, 3.63) is 29.3 Å². The van der Waals surface area contributed by atoms with Gasteiger partial charge in [0.1, 0.15) is 11.6 Å². The highest BCUT2D eigenvalue weighted by atomic mass is 16.6. The van der Waals surface area contributed by atoms with E-state index in [1.165, 1.54) is 0 Å². The maximum absolute atomic E-state index is 13.0. The number of nitrogens with zero attached hydrogens (tertiary/aromatic N) is 3. The summed E-state index contributed by atoms with van der Waals surface area (Å²) in [5.41, 5.74) is 2.60. The summed E-state index contributed by atoms with van der Waals surface area (Å²) < 4.78 is 5.48. The zero-order valence-electron chi connectivity index (χ0n) is 22.2. The van der Waals surface area contributed by atoms with Gasteiger partial charge in [-0.25, -0.2) is 0 Å². The van der Waals surface area contributed by atoms with Gasteiger partial charge in [-0.05, 0) is 95.1 Å². The predicted octanol–water partition coefficient (Wildman–Crippen LogP) is 2.47. The summed E-state index contributed by atoms with van der Waals surface area (Å²) in [7, 11) is 0. The molecule has 37 heavy (non-hydrogen) atoms. The van der Waals surface area contributed by atoms with Crippen LogP contribution in [0.25, 0.3) is 0 Å². The van der Waals surface area contributed by atoms with Gasteiger partial charge >= 0.3 is 5.97 Å². The monoisotopic (exact) mass is 510 g/mol. The van der Waals surface area contributed by atoms with Gasteiger partial charge in [-0.1, -0.05) is 0 Å². The molecule has 4 aliphatic heterocycles. The largest absolute Gasteiger partial charge is 0.459 e. The molecular weight excluding hydrogens is 472 g/mol. The van der Waals surface area contributed by atoms with E-state index in [9.17, 15) is 19.2 Å². The first-order chi connectivity index (χ1) is 17.5. The second-order valence-electron chi connectivity index (χ2n) is 12.1. The topological polar surface area (TPSA) is 99.3 Å². The molecular formula is C28H38N4O5. The number of carbonyl (C=O) groups is 4. The Morgan fingerprint density at radius 1 is 1.05 bits per heavy atom. The van der Waals surface area contributed by atoms with Crippen molar-refractivity contribution in [2.75, 3.05) is 37.6 Å². The highest BCUT2D eigenvalue weighted by molar-refractivity contribution is 6.05. The third-order valence-electron chi connectivity index (χ3n) is 8.39. The lowest BCUT2D eigenvalue weighted by atomic mass is 9.71. The fourth-order valence-electron chi connectivity index (χ4n) is 6.24. The molecule has 1 N–H and O–H groups in total. The van der Waals surface area contributed by atoms with Crippen molar-refractivity contribution >= 4 is 29.4 Å². The molecule has 4 aliphatic rings. The summed E-state index contributed by atoms with van der Waals surface area (Å²) in [4.78, 5) is 55.2. The van der Waals surface area contributed by atoms with E-state index in [1.54, 1.807) is 4.90 Å². The maximum Gasteiger partial charge on any atom is 0.320 e. The van der Waals surface area contributed by atoms with E-state index in [1.807, 2.05) is 32.9 Å². The number of hydrogen-bond acceptors (Lipinski definition) is 7. The van der Waals surface area contributed by atoms with Crippen molar-refractivity contribution in [3.8, 4) is 0 Å². The van der Waals surface area contributed by atoms with Crippen LogP contribution in [0.4, 0.5) is 5.69 Å². The lowest BCUT2D eigenvalue weighted by Crippen LogP contribution is -2.52. The number of ether oxygens (including phenoxy) is 1. The van der Waals surface area contributed by atoms with Crippen molar-refractivity contribution < 1.29 is 23.9 Å². The number of benzene rings is 1. The summed E-state index contributed by atoms with van der Waals surface area (Å²) in [5, 5.41) is 2.36. The lowest BCUT2D eigenvalue weighted by molar-refractivity contribution is -0.156. The van der Waals surface area contributed by atoms with E-state index in [-0.39, 0.29) is 30.1 Å². The molecule has 1 spiro atoms. The first-order valence-corrected chi connectivity index (χ1v) is 13.5. The smallest absolute Gasteiger partial charge is 0.320 e. The number of amides is 3. The molecule has 5 rings (SSSR count). The Morgan fingerprint density at radius 3 is 2.38 bits per heavy atom. The molecule has 3 fully saturated rings. The number of nitrogens with one attached hydrogen (secondary N) is 1. The number of rotatable bonds is 4. The van der Waals surface area contributed by atoms with E-state index in [0.717, 1.165) is 63.1 Å². The third kappa shape index (κ3) is 5.51. The van der Waals surface area contributed by atoms with Crippen molar-refractivity contribution in [1.29, 1.82) is 0 Å². The minimum absolute atomic E-state index is 0.133.